The molecule has 4 rings (SSSR count). The predicted molar refractivity (Wildman–Crippen MR) is 94.7 cm³/mol. The molecule has 1 aliphatic carbocycles. The first kappa shape index (κ1) is 16.9. The normalized spacial score (nSPS) is 20.1. The minimum atomic E-state index is -0.318. The van der Waals surface area contributed by atoms with E-state index in [4.69, 9.17) is 4.74 Å². The number of cyclic esters (lactones) is 1. The lowest BCUT2D eigenvalue weighted by Gasteiger charge is -2.31. The second kappa shape index (κ2) is 6.97. The number of benzene rings is 1. The molecule has 1 saturated heterocycles. The number of nitrogens with one attached hydrogen (secondary N) is 1. The van der Waals surface area contributed by atoms with Gasteiger partial charge in [-0.3, -0.25) is 4.79 Å². The largest absolute Gasteiger partial charge is 0.457 e. The van der Waals surface area contributed by atoms with Crippen molar-refractivity contribution in [1.82, 2.24) is 9.80 Å². The molecule has 2 heterocycles. The molecule has 3 aliphatic rings. The molecule has 0 bridgehead atoms. The van der Waals surface area contributed by atoms with Crippen LogP contribution in [0.25, 0.3) is 0 Å². The summed E-state index contributed by atoms with van der Waals surface area (Å²) in [7, 11) is 0. The van der Waals surface area contributed by atoms with Crippen molar-refractivity contribution in [1.29, 1.82) is 0 Å². The standard InChI is InChI=1S/C19H23N3O4/c23-17(13-3-1-4-13)21-7-2-8-22(10-9-21)19(25)20-15-5-6-16-14(11-15)12-26-18(16)24/h5-6,11,13H,1-4,7-10,12H2,(H,20,25). The van der Waals surface area contributed by atoms with Crippen LogP contribution in [-0.4, -0.2) is 53.9 Å². The highest BCUT2D eigenvalue weighted by Gasteiger charge is 2.31. The molecule has 2 aliphatic heterocycles. The summed E-state index contributed by atoms with van der Waals surface area (Å²) in [5.41, 5.74) is 2.00. The second-order valence-corrected chi connectivity index (χ2v) is 7.17. The van der Waals surface area contributed by atoms with Crippen LogP contribution >= 0.6 is 0 Å². The van der Waals surface area contributed by atoms with Crippen molar-refractivity contribution in [2.24, 2.45) is 5.92 Å². The van der Waals surface area contributed by atoms with E-state index in [1.165, 1.54) is 0 Å². The highest BCUT2D eigenvalue weighted by Crippen LogP contribution is 2.28. The first-order chi connectivity index (χ1) is 12.6. The van der Waals surface area contributed by atoms with Crippen LogP contribution in [0.4, 0.5) is 10.5 Å². The fourth-order valence-corrected chi connectivity index (χ4v) is 3.67. The summed E-state index contributed by atoms with van der Waals surface area (Å²) in [5.74, 6) is 0.134. The molecule has 0 spiro atoms. The average molecular weight is 357 g/mol. The first-order valence-corrected chi connectivity index (χ1v) is 9.26. The van der Waals surface area contributed by atoms with Gasteiger partial charge in [0.15, 0.2) is 0 Å². The summed E-state index contributed by atoms with van der Waals surface area (Å²) < 4.78 is 4.98. The highest BCUT2D eigenvalue weighted by atomic mass is 16.5. The Balaban J connectivity index is 1.35. The second-order valence-electron chi connectivity index (χ2n) is 7.17. The topological polar surface area (TPSA) is 79.0 Å². The van der Waals surface area contributed by atoms with Gasteiger partial charge in [0.1, 0.15) is 6.61 Å². The summed E-state index contributed by atoms with van der Waals surface area (Å²) in [6.45, 7) is 2.73. The molecule has 0 atom stereocenters. The lowest BCUT2D eigenvalue weighted by Crippen LogP contribution is -2.42. The van der Waals surface area contributed by atoms with Crippen molar-refractivity contribution in [3.63, 3.8) is 0 Å². The maximum Gasteiger partial charge on any atom is 0.338 e. The summed E-state index contributed by atoms with van der Waals surface area (Å²) in [5, 5.41) is 2.89. The number of ether oxygens (including phenoxy) is 1. The van der Waals surface area contributed by atoms with Gasteiger partial charge in [0.05, 0.1) is 5.56 Å². The first-order valence-electron chi connectivity index (χ1n) is 9.26. The number of rotatable bonds is 2. The number of esters is 1. The minimum Gasteiger partial charge on any atom is -0.457 e. The third-order valence-corrected chi connectivity index (χ3v) is 5.48. The predicted octanol–water partition coefficient (Wildman–Crippen LogP) is 2.22. The number of nitrogens with zero attached hydrogens (tertiary/aromatic N) is 2. The Bertz CT molecular complexity index is 744. The molecule has 1 N–H and O–H groups in total. The quantitative estimate of drug-likeness (QED) is 0.823. The number of fused-ring (bicyclic) bond motifs is 1. The number of amides is 3. The zero-order valence-corrected chi connectivity index (χ0v) is 14.7. The third-order valence-electron chi connectivity index (χ3n) is 5.48. The van der Waals surface area contributed by atoms with Gasteiger partial charge in [-0.15, -0.1) is 0 Å². The maximum absolute atomic E-state index is 12.6. The lowest BCUT2D eigenvalue weighted by molar-refractivity contribution is -0.138. The third kappa shape index (κ3) is 3.25. The van der Waals surface area contributed by atoms with E-state index < -0.39 is 0 Å². The van der Waals surface area contributed by atoms with E-state index in [0.29, 0.717) is 30.9 Å². The number of hydrogen-bond acceptors (Lipinski definition) is 4. The minimum absolute atomic E-state index is 0.173. The zero-order valence-electron chi connectivity index (χ0n) is 14.7. The fourth-order valence-electron chi connectivity index (χ4n) is 3.67. The van der Waals surface area contributed by atoms with Gasteiger partial charge in [-0.25, -0.2) is 9.59 Å². The molecular formula is C19H23N3O4. The van der Waals surface area contributed by atoms with Crippen molar-refractivity contribution in [2.45, 2.75) is 32.3 Å². The van der Waals surface area contributed by atoms with Crippen LogP contribution < -0.4 is 5.32 Å². The summed E-state index contributed by atoms with van der Waals surface area (Å²) in [6.07, 6.45) is 3.95. The van der Waals surface area contributed by atoms with Crippen molar-refractivity contribution in [3.8, 4) is 0 Å². The number of carbonyl (C=O) groups is 3. The Kier molecular flexibility index (Phi) is 4.53. The van der Waals surface area contributed by atoms with E-state index in [1.54, 1.807) is 23.1 Å². The zero-order chi connectivity index (χ0) is 18.1. The van der Waals surface area contributed by atoms with Crippen LogP contribution in [0.2, 0.25) is 0 Å². The molecular weight excluding hydrogens is 334 g/mol. The Morgan fingerprint density at radius 1 is 1.04 bits per heavy atom. The van der Waals surface area contributed by atoms with Gasteiger partial charge in [-0.05, 0) is 37.5 Å². The van der Waals surface area contributed by atoms with Crippen molar-refractivity contribution < 1.29 is 19.1 Å². The number of anilines is 1. The lowest BCUT2D eigenvalue weighted by atomic mass is 9.84. The molecule has 2 fully saturated rings. The molecule has 0 unspecified atom stereocenters. The van der Waals surface area contributed by atoms with Crippen LogP contribution in [0.5, 0.6) is 0 Å². The van der Waals surface area contributed by atoms with Gasteiger partial charge < -0.3 is 19.9 Å². The van der Waals surface area contributed by atoms with Gasteiger partial charge in [0, 0.05) is 43.3 Å². The van der Waals surface area contributed by atoms with Crippen LogP contribution in [-0.2, 0) is 16.1 Å². The van der Waals surface area contributed by atoms with Crippen LogP contribution in [0.3, 0.4) is 0 Å². The Morgan fingerprint density at radius 3 is 2.58 bits per heavy atom. The van der Waals surface area contributed by atoms with Crippen molar-refractivity contribution in [3.05, 3.63) is 29.3 Å². The molecule has 7 heteroatoms. The monoisotopic (exact) mass is 357 g/mol. The summed E-state index contributed by atoms with van der Waals surface area (Å²) in [4.78, 5) is 40.1. The smallest absolute Gasteiger partial charge is 0.338 e. The Hall–Kier alpha value is -2.57. The van der Waals surface area contributed by atoms with Gasteiger partial charge in [0.2, 0.25) is 5.91 Å². The van der Waals surface area contributed by atoms with Gasteiger partial charge in [-0.2, -0.15) is 0 Å². The summed E-state index contributed by atoms with van der Waals surface area (Å²) >= 11 is 0. The van der Waals surface area contributed by atoms with E-state index in [0.717, 1.165) is 37.8 Å². The van der Waals surface area contributed by atoms with E-state index >= 15 is 0 Å². The van der Waals surface area contributed by atoms with Crippen LogP contribution in [0.15, 0.2) is 18.2 Å². The molecule has 1 aromatic rings. The molecule has 7 nitrogen and oxygen atoms in total. The molecule has 1 saturated carbocycles. The van der Waals surface area contributed by atoms with E-state index in [2.05, 4.69) is 5.32 Å². The van der Waals surface area contributed by atoms with E-state index in [-0.39, 0.29) is 30.4 Å². The van der Waals surface area contributed by atoms with Gasteiger partial charge in [0.25, 0.3) is 0 Å². The average Bonchev–Trinajstić information content (AvgIpc) is 2.81. The molecule has 3 amide bonds. The Morgan fingerprint density at radius 2 is 1.81 bits per heavy atom. The van der Waals surface area contributed by atoms with Gasteiger partial charge in [-0.1, -0.05) is 6.42 Å². The number of urea groups is 1. The van der Waals surface area contributed by atoms with E-state index in [1.807, 2.05) is 4.90 Å². The highest BCUT2D eigenvalue weighted by molar-refractivity contribution is 5.95. The molecule has 0 radical (unpaired) electrons. The Labute approximate surface area is 152 Å². The molecule has 1 aromatic carbocycles. The SMILES string of the molecule is O=C1OCc2cc(NC(=O)N3CCCN(C(=O)C4CCC4)CC3)ccc21. The van der Waals surface area contributed by atoms with E-state index in [9.17, 15) is 14.4 Å². The molecule has 138 valence electrons. The fraction of sp³-hybridized carbons (Fsp3) is 0.526. The summed E-state index contributed by atoms with van der Waals surface area (Å²) in [6, 6.07) is 5.01. The number of carbonyl (C=O) groups excluding carboxylic acids is 3. The molecule has 0 aromatic heterocycles. The van der Waals surface area contributed by atoms with Crippen molar-refractivity contribution in [2.75, 3.05) is 31.5 Å². The maximum atomic E-state index is 12.6. The van der Waals surface area contributed by atoms with Crippen LogP contribution in [0, 0.1) is 5.92 Å². The van der Waals surface area contributed by atoms with Crippen LogP contribution in [0.1, 0.15) is 41.6 Å². The number of hydrogen-bond donors (Lipinski definition) is 1. The van der Waals surface area contributed by atoms with Crippen molar-refractivity contribution >= 4 is 23.6 Å². The molecule has 26 heavy (non-hydrogen) atoms. The van der Waals surface area contributed by atoms with Gasteiger partial charge >= 0.3 is 12.0 Å².